The maximum Gasteiger partial charge on any atom is 0.190 e. The molecule has 0 N–H and O–H groups in total. The van der Waals surface area contributed by atoms with Crippen molar-refractivity contribution in [2.24, 2.45) is 5.92 Å². The van der Waals surface area contributed by atoms with Crippen molar-refractivity contribution >= 4 is 10.8 Å². The van der Waals surface area contributed by atoms with Crippen LogP contribution in [0.2, 0.25) is 0 Å². The fourth-order valence-corrected chi connectivity index (χ4v) is 3.46. The van der Waals surface area contributed by atoms with E-state index in [9.17, 15) is 17.6 Å². The Labute approximate surface area is 175 Å². The van der Waals surface area contributed by atoms with Crippen LogP contribution in [0.5, 0.6) is 5.75 Å². The lowest BCUT2D eigenvalue weighted by molar-refractivity contribution is -0.208. The van der Waals surface area contributed by atoms with Crippen LogP contribution in [0.3, 0.4) is 0 Å². The van der Waals surface area contributed by atoms with Gasteiger partial charge in [0.05, 0.1) is 19.8 Å². The third-order valence-corrected chi connectivity index (χ3v) is 5.01. The number of nitriles is 1. The zero-order chi connectivity index (χ0) is 22.1. The minimum atomic E-state index is -0.942. The summed E-state index contributed by atoms with van der Waals surface area (Å²) in [4.78, 5) is 0. The molecule has 160 valence electrons. The molecule has 4 nitrogen and oxygen atoms in total. The SMILES string of the molecule is Cc1cc(F)c(OCC2COC(c3ccc4c(F)c(C#N)c(F)cc4c3)OC2)c(F)c1. The van der Waals surface area contributed by atoms with E-state index < -0.39 is 40.9 Å². The number of benzene rings is 3. The minimum absolute atomic E-state index is 0.00526. The summed E-state index contributed by atoms with van der Waals surface area (Å²) in [6.45, 7) is 1.98. The number of halogens is 4. The quantitative estimate of drug-likeness (QED) is 0.525. The third kappa shape index (κ3) is 4.20. The van der Waals surface area contributed by atoms with Crippen LogP contribution >= 0.6 is 0 Å². The van der Waals surface area contributed by atoms with Gasteiger partial charge < -0.3 is 14.2 Å². The summed E-state index contributed by atoms with van der Waals surface area (Å²) in [5, 5.41) is 9.27. The number of ether oxygens (including phenoxy) is 3. The molecule has 1 heterocycles. The fourth-order valence-electron chi connectivity index (χ4n) is 3.46. The monoisotopic (exact) mass is 431 g/mol. The van der Waals surface area contributed by atoms with Crippen LogP contribution in [0.25, 0.3) is 10.8 Å². The lowest BCUT2D eigenvalue weighted by Crippen LogP contribution is -2.31. The molecular formula is C23H17F4NO3. The van der Waals surface area contributed by atoms with Gasteiger partial charge in [0.15, 0.2) is 29.5 Å². The van der Waals surface area contributed by atoms with Crippen LogP contribution in [-0.2, 0) is 9.47 Å². The molecule has 0 saturated carbocycles. The van der Waals surface area contributed by atoms with Gasteiger partial charge in [0, 0.05) is 16.9 Å². The van der Waals surface area contributed by atoms with Crippen molar-refractivity contribution < 1.29 is 31.8 Å². The van der Waals surface area contributed by atoms with Crippen molar-refractivity contribution in [3.8, 4) is 11.8 Å². The Morgan fingerprint density at radius 2 is 1.68 bits per heavy atom. The lowest BCUT2D eigenvalue weighted by Gasteiger charge is -2.29. The molecule has 1 aliphatic heterocycles. The second-order valence-corrected chi connectivity index (χ2v) is 7.37. The molecule has 31 heavy (non-hydrogen) atoms. The number of hydrogen-bond acceptors (Lipinski definition) is 4. The molecule has 0 atom stereocenters. The van der Waals surface area contributed by atoms with E-state index in [0.717, 1.165) is 6.07 Å². The molecule has 0 aliphatic carbocycles. The van der Waals surface area contributed by atoms with Crippen molar-refractivity contribution in [2.45, 2.75) is 13.2 Å². The van der Waals surface area contributed by atoms with E-state index in [4.69, 9.17) is 19.5 Å². The van der Waals surface area contributed by atoms with Gasteiger partial charge in [-0.1, -0.05) is 12.1 Å². The Morgan fingerprint density at radius 3 is 2.32 bits per heavy atom. The first-order valence-corrected chi connectivity index (χ1v) is 9.50. The molecule has 0 radical (unpaired) electrons. The summed E-state index contributed by atoms with van der Waals surface area (Å²) in [6, 6.07) is 9.51. The summed E-state index contributed by atoms with van der Waals surface area (Å²) in [7, 11) is 0. The van der Waals surface area contributed by atoms with Crippen LogP contribution in [0.15, 0.2) is 36.4 Å². The Hall–Kier alpha value is -3.15. The van der Waals surface area contributed by atoms with E-state index in [1.807, 2.05) is 0 Å². The predicted octanol–water partition coefficient (Wildman–Crippen LogP) is 5.32. The summed E-state index contributed by atoms with van der Waals surface area (Å²) in [5.41, 5.74) is 0.370. The zero-order valence-corrected chi connectivity index (χ0v) is 16.4. The number of fused-ring (bicyclic) bond motifs is 1. The van der Waals surface area contributed by atoms with Crippen LogP contribution < -0.4 is 4.74 Å². The van der Waals surface area contributed by atoms with Gasteiger partial charge in [-0.2, -0.15) is 5.26 Å². The summed E-state index contributed by atoms with van der Waals surface area (Å²) >= 11 is 0. The molecule has 1 aliphatic rings. The average molecular weight is 431 g/mol. The van der Waals surface area contributed by atoms with Gasteiger partial charge in [-0.3, -0.25) is 0 Å². The van der Waals surface area contributed by atoms with Crippen molar-refractivity contribution in [3.05, 3.63) is 76.4 Å². The molecule has 0 bridgehead atoms. The molecule has 0 aromatic heterocycles. The second kappa shape index (κ2) is 8.53. The molecule has 0 amide bonds. The zero-order valence-electron chi connectivity index (χ0n) is 16.4. The molecule has 0 spiro atoms. The largest absolute Gasteiger partial charge is 0.487 e. The number of rotatable bonds is 4. The highest BCUT2D eigenvalue weighted by Crippen LogP contribution is 2.31. The first kappa shape index (κ1) is 21.1. The Balaban J connectivity index is 1.42. The molecule has 1 saturated heterocycles. The van der Waals surface area contributed by atoms with Gasteiger partial charge in [-0.25, -0.2) is 17.6 Å². The summed E-state index contributed by atoms with van der Waals surface area (Å²) in [5.74, 6) is -4.11. The minimum Gasteiger partial charge on any atom is -0.487 e. The van der Waals surface area contributed by atoms with Gasteiger partial charge in [-0.05, 0) is 42.1 Å². The van der Waals surface area contributed by atoms with Crippen molar-refractivity contribution in [1.82, 2.24) is 0 Å². The maximum atomic E-state index is 14.3. The van der Waals surface area contributed by atoms with E-state index in [-0.39, 0.29) is 36.5 Å². The highest BCUT2D eigenvalue weighted by atomic mass is 19.1. The van der Waals surface area contributed by atoms with E-state index >= 15 is 0 Å². The topological polar surface area (TPSA) is 51.5 Å². The number of hydrogen-bond donors (Lipinski definition) is 0. The van der Waals surface area contributed by atoms with E-state index in [2.05, 4.69) is 0 Å². The molecular weight excluding hydrogens is 414 g/mol. The Bertz CT molecular complexity index is 1160. The van der Waals surface area contributed by atoms with E-state index in [1.54, 1.807) is 13.0 Å². The lowest BCUT2D eigenvalue weighted by atomic mass is 10.0. The van der Waals surface area contributed by atoms with Gasteiger partial charge >= 0.3 is 0 Å². The van der Waals surface area contributed by atoms with Crippen molar-refractivity contribution in [2.75, 3.05) is 19.8 Å². The Morgan fingerprint density at radius 1 is 1.00 bits per heavy atom. The standard InChI is InChI=1S/C23H17F4NO3/c1-12-4-19(25)22(20(26)5-12)29-9-13-10-30-23(31-11-13)14-2-3-16-15(6-14)7-18(24)17(8-28)21(16)27/h2-7,13,23H,9-11H2,1H3. The van der Waals surface area contributed by atoms with Crippen LogP contribution in [-0.4, -0.2) is 19.8 Å². The Kier molecular flexibility index (Phi) is 5.81. The molecule has 0 unspecified atom stereocenters. The van der Waals surface area contributed by atoms with Gasteiger partial charge in [0.1, 0.15) is 17.4 Å². The fraction of sp³-hybridized carbons (Fsp3) is 0.261. The van der Waals surface area contributed by atoms with E-state index in [1.165, 1.54) is 30.3 Å². The number of nitrogens with zero attached hydrogens (tertiary/aromatic N) is 1. The first-order chi connectivity index (χ1) is 14.9. The number of aryl methyl sites for hydroxylation is 1. The van der Waals surface area contributed by atoms with Crippen molar-refractivity contribution in [1.29, 1.82) is 5.26 Å². The molecule has 3 aromatic carbocycles. The smallest absolute Gasteiger partial charge is 0.190 e. The van der Waals surface area contributed by atoms with Gasteiger partial charge in [0.2, 0.25) is 0 Å². The molecule has 3 aromatic rings. The molecule has 4 rings (SSSR count). The van der Waals surface area contributed by atoms with Gasteiger partial charge in [-0.15, -0.1) is 0 Å². The van der Waals surface area contributed by atoms with Crippen LogP contribution in [0.1, 0.15) is 23.0 Å². The summed E-state index contributed by atoms with van der Waals surface area (Å²) < 4.78 is 72.6. The highest BCUT2D eigenvalue weighted by Gasteiger charge is 2.26. The second-order valence-electron chi connectivity index (χ2n) is 7.37. The van der Waals surface area contributed by atoms with Crippen LogP contribution in [0.4, 0.5) is 17.6 Å². The van der Waals surface area contributed by atoms with Crippen LogP contribution in [0, 0.1) is 47.4 Å². The van der Waals surface area contributed by atoms with Gasteiger partial charge in [0.25, 0.3) is 0 Å². The van der Waals surface area contributed by atoms with E-state index in [0.29, 0.717) is 11.1 Å². The first-order valence-electron chi connectivity index (χ1n) is 9.50. The molecule has 1 fully saturated rings. The van der Waals surface area contributed by atoms with Crippen molar-refractivity contribution in [3.63, 3.8) is 0 Å². The predicted molar refractivity (Wildman–Crippen MR) is 103 cm³/mol. The average Bonchev–Trinajstić information content (AvgIpc) is 2.73. The maximum absolute atomic E-state index is 14.3. The normalized spacial score (nSPS) is 18.7. The molecule has 8 heteroatoms. The third-order valence-electron chi connectivity index (χ3n) is 5.01. The summed E-state index contributed by atoms with van der Waals surface area (Å²) in [6.07, 6.45) is -0.768. The highest BCUT2D eigenvalue weighted by molar-refractivity contribution is 5.85.